The van der Waals surface area contributed by atoms with E-state index in [0.29, 0.717) is 5.56 Å². The van der Waals surface area contributed by atoms with Crippen LogP contribution >= 0.6 is 0 Å². The number of phenolic OH excluding ortho intramolecular Hbond substituents is 2. The van der Waals surface area contributed by atoms with Gasteiger partial charge in [0.15, 0.2) is 16.5 Å². The molecule has 0 aliphatic rings. The number of hydrogen-bond acceptors (Lipinski definition) is 5. The normalized spacial score (nSPS) is 11.6. The molecule has 1 aromatic rings. The fourth-order valence-electron chi connectivity index (χ4n) is 0.904. The largest absolute Gasteiger partial charge is 0.504 e. The highest BCUT2D eigenvalue weighted by atomic mass is 16.7. The van der Waals surface area contributed by atoms with Gasteiger partial charge in [-0.2, -0.15) is 5.10 Å². The third-order valence-electron chi connectivity index (χ3n) is 1.58. The van der Waals surface area contributed by atoms with Gasteiger partial charge in [-0.25, -0.2) is 15.5 Å². The zero-order valence-corrected chi connectivity index (χ0v) is 8.44. The van der Waals surface area contributed by atoms with E-state index in [9.17, 15) is 10.1 Å². The monoisotopic (exact) mass is 239 g/mol. The highest BCUT2D eigenvalue weighted by Gasteiger charge is 1.99. The van der Waals surface area contributed by atoms with Gasteiger partial charge in [0.05, 0.1) is 6.21 Å². The maximum absolute atomic E-state index is 9.91. The molecule has 0 saturated carbocycles. The van der Waals surface area contributed by atoms with Gasteiger partial charge >= 0.3 is 0 Å². The van der Waals surface area contributed by atoms with Crippen LogP contribution in [0.25, 0.3) is 0 Å². The molecular weight excluding hydrogens is 230 g/mol. The minimum Gasteiger partial charge on any atom is -0.504 e. The molecule has 1 aromatic carbocycles. The van der Waals surface area contributed by atoms with Gasteiger partial charge in [-0.3, -0.25) is 0 Å². The molecule has 0 atom stereocenters. The summed E-state index contributed by atoms with van der Waals surface area (Å²) >= 11 is 0. The number of hydrazone groups is 2. The van der Waals surface area contributed by atoms with Crippen LogP contribution in [0, 0.1) is 10.1 Å². The Morgan fingerprint density at radius 3 is 2.76 bits per heavy atom. The summed E-state index contributed by atoms with van der Waals surface area (Å²) in [6, 6.07) is 3.99. The van der Waals surface area contributed by atoms with Crippen molar-refractivity contribution in [3.63, 3.8) is 0 Å². The van der Waals surface area contributed by atoms with Crippen LogP contribution in [0.2, 0.25) is 0 Å². The number of rotatable bonds is 3. The molecule has 0 bridgehead atoms. The smallest absolute Gasteiger partial charge is 0.286 e. The van der Waals surface area contributed by atoms with Crippen molar-refractivity contribution in [1.29, 1.82) is 0 Å². The van der Waals surface area contributed by atoms with Crippen molar-refractivity contribution in [3.8, 4) is 11.5 Å². The van der Waals surface area contributed by atoms with Gasteiger partial charge in [-0.05, 0) is 23.8 Å². The molecule has 9 heteroatoms. The van der Waals surface area contributed by atoms with Crippen LogP contribution in [0.15, 0.2) is 28.4 Å². The van der Waals surface area contributed by atoms with E-state index >= 15 is 0 Å². The molecule has 9 nitrogen and oxygen atoms in total. The molecule has 0 fully saturated rings. The second kappa shape index (κ2) is 5.30. The molecule has 1 rings (SSSR count). The second-order valence-corrected chi connectivity index (χ2v) is 2.84. The molecular formula is C8H9N5O4. The van der Waals surface area contributed by atoms with Crippen LogP contribution in [0.3, 0.4) is 0 Å². The minimum atomic E-state index is -0.968. The van der Waals surface area contributed by atoms with Crippen molar-refractivity contribution in [2.45, 2.75) is 0 Å². The van der Waals surface area contributed by atoms with Gasteiger partial charge in [-0.1, -0.05) is 0 Å². The predicted octanol–water partition coefficient (Wildman–Crippen LogP) is -0.472. The van der Waals surface area contributed by atoms with Crippen LogP contribution in [0.4, 0.5) is 0 Å². The third kappa shape index (κ3) is 4.03. The van der Waals surface area contributed by atoms with Crippen molar-refractivity contribution in [1.82, 2.24) is 5.43 Å². The number of guanidine groups is 1. The lowest BCUT2D eigenvalue weighted by Crippen LogP contribution is -2.28. The highest BCUT2D eigenvalue weighted by molar-refractivity contribution is 5.83. The van der Waals surface area contributed by atoms with Crippen molar-refractivity contribution >= 4 is 12.2 Å². The first-order valence-corrected chi connectivity index (χ1v) is 4.28. The maximum Gasteiger partial charge on any atom is 0.286 e. The number of nitrogens with two attached hydrogens (primary N) is 1. The number of nitro groups is 1. The molecule has 0 aromatic heterocycles. The number of hydrogen-bond donors (Lipinski definition) is 4. The predicted molar refractivity (Wildman–Crippen MR) is 59.1 cm³/mol. The molecule has 0 aliphatic heterocycles. The van der Waals surface area contributed by atoms with Crippen LogP contribution in [0.1, 0.15) is 5.56 Å². The molecule has 0 aliphatic carbocycles. The molecule has 0 spiro atoms. The molecule has 17 heavy (non-hydrogen) atoms. The van der Waals surface area contributed by atoms with E-state index in [0.717, 1.165) is 0 Å². The minimum absolute atomic E-state index is 0.260. The molecule has 90 valence electrons. The Hall–Kier alpha value is -2.84. The van der Waals surface area contributed by atoms with Crippen LogP contribution in [-0.4, -0.2) is 27.4 Å². The van der Waals surface area contributed by atoms with Gasteiger partial charge in [0, 0.05) is 0 Å². The summed E-state index contributed by atoms with van der Waals surface area (Å²) in [4.78, 5) is 9.91. The Bertz CT molecular complexity index is 485. The van der Waals surface area contributed by atoms with Crippen molar-refractivity contribution in [2.75, 3.05) is 0 Å². The average molecular weight is 239 g/mol. The summed E-state index contributed by atoms with van der Waals surface area (Å²) in [6.07, 6.45) is 1.24. The van der Waals surface area contributed by atoms with Gasteiger partial charge in [0.2, 0.25) is 0 Å². The van der Waals surface area contributed by atoms with E-state index in [4.69, 9.17) is 15.9 Å². The first-order chi connectivity index (χ1) is 7.99. The van der Waals surface area contributed by atoms with Crippen LogP contribution in [-0.2, 0) is 0 Å². The molecule has 0 saturated heterocycles. The quantitative estimate of drug-likeness (QED) is 0.184. The molecule has 5 N–H and O–H groups in total. The van der Waals surface area contributed by atoms with E-state index < -0.39 is 11.0 Å². The Balaban J connectivity index is 2.65. The number of nitrogens with zero attached hydrogens (tertiary/aromatic N) is 3. The number of nitrogens with one attached hydrogen (secondary N) is 1. The summed E-state index contributed by atoms with van der Waals surface area (Å²) in [5.74, 6) is -1.04. The summed E-state index contributed by atoms with van der Waals surface area (Å²) in [5, 5.41) is 33.4. The first kappa shape index (κ1) is 12.2. The van der Waals surface area contributed by atoms with E-state index in [1.54, 1.807) is 0 Å². The summed E-state index contributed by atoms with van der Waals surface area (Å²) < 4.78 is 0. The topological polar surface area (TPSA) is 146 Å². The highest BCUT2D eigenvalue weighted by Crippen LogP contribution is 2.23. The summed E-state index contributed by atoms with van der Waals surface area (Å²) in [7, 11) is 0. The number of aromatic hydroxyl groups is 2. The fraction of sp³-hybridized carbons (Fsp3) is 0. The Morgan fingerprint density at radius 2 is 2.18 bits per heavy atom. The van der Waals surface area contributed by atoms with Gasteiger partial charge in [-0.15, -0.1) is 0 Å². The Labute approximate surface area is 95.0 Å². The zero-order valence-electron chi connectivity index (χ0n) is 8.44. The SMILES string of the molecule is NC(=N[N+](=O)[O-])NN=Cc1ccc(O)c(O)c1. The summed E-state index contributed by atoms with van der Waals surface area (Å²) in [5.41, 5.74) is 7.65. The Morgan fingerprint density at radius 1 is 1.47 bits per heavy atom. The average Bonchev–Trinajstić information content (AvgIpc) is 2.22. The van der Waals surface area contributed by atoms with Crippen molar-refractivity contribution < 1.29 is 15.2 Å². The summed E-state index contributed by atoms with van der Waals surface area (Å²) in [6.45, 7) is 0. The number of phenols is 2. The standard InChI is InChI=1S/C8H9N5O4/c9-8(12-13(16)17)11-10-4-5-1-2-6(14)7(15)3-5/h1-4,14-15H,(H3,9,11,12). The van der Waals surface area contributed by atoms with Crippen LogP contribution < -0.4 is 11.2 Å². The van der Waals surface area contributed by atoms with Crippen molar-refractivity contribution in [3.05, 3.63) is 33.9 Å². The molecule has 0 unspecified atom stereocenters. The van der Waals surface area contributed by atoms with Crippen molar-refractivity contribution in [2.24, 2.45) is 15.9 Å². The maximum atomic E-state index is 9.91. The lowest BCUT2D eigenvalue weighted by molar-refractivity contribution is -0.485. The molecule has 0 amide bonds. The van der Waals surface area contributed by atoms with Gasteiger partial charge in [0.1, 0.15) is 5.10 Å². The van der Waals surface area contributed by atoms with E-state index in [2.05, 4.69) is 15.6 Å². The van der Waals surface area contributed by atoms with E-state index in [1.807, 2.05) is 0 Å². The van der Waals surface area contributed by atoms with Crippen LogP contribution in [0.5, 0.6) is 11.5 Å². The van der Waals surface area contributed by atoms with Gasteiger partial charge < -0.3 is 15.9 Å². The van der Waals surface area contributed by atoms with Gasteiger partial charge in [0.25, 0.3) is 5.96 Å². The molecule has 0 heterocycles. The lowest BCUT2D eigenvalue weighted by Gasteiger charge is -1.98. The second-order valence-electron chi connectivity index (χ2n) is 2.84. The Kier molecular flexibility index (Phi) is 3.81. The first-order valence-electron chi connectivity index (χ1n) is 4.28. The lowest BCUT2D eigenvalue weighted by atomic mass is 10.2. The zero-order chi connectivity index (χ0) is 12.8. The molecule has 0 radical (unpaired) electrons. The fourth-order valence-corrected chi connectivity index (χ4v) is 0.904. The number of benzene rings is 1. The van der Waals surface area contributed by atoms with E-state index in [-0.39, 0.29) is 11.5 Å². The third-order valence-corrected chi connectivity index (χ3v) is 1.58. The van der Waals surface area contributed by atoms with E-state index in [1.165, 1.54) is 24.4 Å².